The second-order valence-corrected chi connectivity index (χ2v) is 12.4. The number of nitrogen functional groups attached to an aromatic ring is 1. The fourth-order valence-corrected chi connectivity index (χ4v) is 8.48. The molecule has 0 unspecified atom stereocenters. The van der Waals surface area contributed by atoms with E-state index in [0.29, 0.717) is 22.8 Å². The quantitative estimate of drug-likeness (QED) is 0.170. The van der Waals surface area contributed by atoms with Crippen LogP contribution in [0.4, 0.5) is 5.82 Å². The first-order valence-electron chi connectivity index (χ1n) is 12.4. The van der Waals surface area contributed by atoms with Gasteiger partial charge in [0.25, 0.3) is 0 Å². The fraction of sp³-hybridized carbons (Fsp3) is 0.167. The first-order chi connectivity index (χ1) is 18.7. The minimum Gasteiger partial charge on any atom is -0.383 e. The van der Waals surface area contributed by atoms with E-state index in [-0.39, 0.29) is 16.9 Å². The zero-order valence-corrected chi connectivity index (χ0v) is 23.0. The van der Waals surface area contributed by atoms with Crippen molar-refractivity contribution in [1.82, 2.24) is 15.3 Å². The van der Waals surface area contributed by atoms with Crippen LogP contribution in [0, 0.1) is 0 Å². The Labute approximate surface area is 234 Å². The summed E-state index contributed by atoms with van der Waals surface area (Å²) in [6.45, 7) is 0.501. The molecule has 3 aromatic carbocycles. The molecule has 0 radical (unpaired) electrons. The van der Waals surface area contributed by atoms with E-state index in [1.54, 1.807) is 11.3 Å². The van der Waals surface area contributed by atoms with E-state index in [2.05, 4.69) is 71.0 Å². The zero-order chi connectivity index (χ0) is 25.9. The maximum atomic E-state index is 12.4. The first-order valence-corrected chi connectivity index (χ1v) is 15.2. The molecule has 2 aromatic heterocycles. The van der Waals surface area contributed by atoms with Gasteiger partial charge in [0.05, 0.1) is 16.4 Å². The van der Waals surface area contributed by atoms with Crippen LogP contribution < -0.4 is 11.1 Å². The number of nitrogens with zero attached hydrogens (tertiary/aromatic N) is 2. The Morgan fingerprint density at radius 2 is 1.58 bits per heavy atom. The Balaban J connectivity index is 1.27. The average Bonchev–Trinajstić information content (AvgIpc) is 3.35. The predicted molar refractivity (Wildman–Crippen MR) is 160 cm³/mol. The van der Waals surface area contributed by atoms with Crippen molar-refractivity contribution in [3.63, 3.8) is 0 Å². The van der Waals surface area contributed by atoms with Crippen molar-refractivity contribution >= 4 is 56.8 Å². The van der Waals surface area contributed by atoms with E-state index in [1.807, 2.05) is 42.1 Å². The molecule has 0 bridgehead atoms. The molecule has 1 amide bonds. The Hall–Kier alpha value is -3.33. The number of fused-ring (bicyclic) bond motifs is 3. The number of carbonyl (C=O) groups excluding carboxylic acids is 1. The Bertz CT molecular complexity index is 1560. The number of nitrogens with two attached hydrogens (primary N) is 1. The molecule has 3 N–H and O–H groups in total. The molecule has 5 nitrogen and oxygen atoms in total. The molecule has 38 heavy (non-hydrogen) atoms. The molecule has 0 spiro atoms. The van der Waals surface area contributed by atoms with Crippen LogP contribution in [0.2, 0.25) is 0 Å². The van der Waals surface area contributed by atoms with Crippen molar-refractivity contribution in [1.29, 1.82) is 0 Å². The summed E-state index contributed by atoms with van der Waals surface area (Å²) in [5.74, 6) is 0.671. The van der Waals surface area contributed by atoms with Crippen molar-refractivity contribution in [2.45, 2.75) is 28.6 Å². The smallest absolute Gasteiger partial charge is 0.230 e. The summed E-state index contributed by atoms with van der Waals surface area (Å²) in [5.41, 5.74) is 11.5. The predicted octanol–water partition coefficient (Wildman–Crippen LogP) is 6.80. The van der Waals surface area contributed by atoms with Gasteiger partial charge in [-0.2, -0.15) is 0 Å². The molecule has 3 heterocycles. The van der Waals surface area contributed by atoms with E-state index in [0.717, 1.165) is 22.2 Å². The standard InChI is InChI=1S/C30H26N4OS3/c31-28-25-22-16-23(20-12-6-2-7-13-20)37-26(21-14-8-3-9-15-21)27(22)38-29(25)34-30(33-28)36-18-24(35)32-17-19-10-4-1-5-11-19/h1-15,23,26H,16-18H2,(H,32,35)(H2,31,33,34)/t23-,26-/m1/s1. The topological polar surface area (TPSA) is 80.9 Å². The maximum Gasteiger partial charge on any atom is 0.230 e. The lowest BCUT2D eigenvalue weighted by Gasteiger charge is -2.30. The van der Waals surface area contributed by atoms with Crippen molar-refractivity contribution in [2.75, 3.05) is 11.5 Å². The van der Waals surface area contributed by atoms with Crippen LogP contribution in [0.3, 0.4) is 0 Å². The van der Waals surface area contributed by atoms with Crippen LogP contribution in [-0.2, 0) is 17.8 Å². The lowest BCUT2D eigenvalue weighted by atomic mass is 9.98. The summed E-state index contributed by atoms with van der Waals surface area (Å²) in [7, 11) is 0. The summed E-state index contributed by atoms with van der Waals surface area (Å²) in [5, 5.41) is 4.97. The van der Waals surface area contributed by atoms with Gasteiger partial charge >= 0.3 is 0 Å². The van der Waals surface area contributed by atoms with Gasteiger partial charge < -0.3 is 11.1 Å². The number of carbonyl (C=O) groups is 1. The number of thioether (sulfide) groups is 2. The molecular formula is C30H26N4OS3. The van der Waals surface area contributed by atoms with Gasteiger partial charge in [-0.25, -0.2) is 9.97 Å². The van der Waals surface area contributed by atoms with Crippen molar-refractivity contribution in [2.24, 2.45) is 0 Å². The van der Waals surface area contributed by atoms with Crippen LogP contribution in [0.1, 0.15) is 37.6 Å². The molecular weight excluding hydrogens is 529 g/mol. The van der Waals surface area contributed by atoms with Gasteiger partial charge in [0.15, 0.2) is 5.16 Å². The van der Waals surface area contributed by atoms with E-state index in [1.165, 1.54) is 33.3 Å². The summed E-state index contributed by atoms with van der Waals surface area (Å²) in [6.07, 6.45) is 0.884. The van der Waals surface area contributed by atoms with Crippen molar-refractivity contribution in [3.05, 3.63) is 118 Å². The van der Waals surface area contributed by atoms with Crippen molar-refractivity contribution in [3.8, 4) is 0 Å². The minimum absolute atomic E-state index is 0.0576. The number of aromatic nitrogens is 2. The molecule has 0 saturated carbocycles. The molecule has 190 valence electrons. The van der Waals surface area contributed by atoms with Crippen LogP contribution in [0.15, 0.2) is 96.2 Å². The summed E-state index contributed by atoms with van der Waals surface area (Å²) >= 11 is 5.01. The molecule has 0 aliphatic carbocycles. The van der Waals surface area contributed by atoms with Gasteiger partial charge in [0.1, 0.15) is 10.6 Å². The molecule has 0 fully saturated rings. The summed E-state index contributed by atoms with van der Waals surface area (Å²) in [6, 6.07) is 31.2. The summed E-state index contributed by atoms with van der Waals surface area (Å²) < 4.78 is 0. The van der Waals surface area contributed by atoms with Gasteiger partial charge in [-0.05, 0) is 28.7 Å². The normalized spacial score (nSPS) is 16.7. The highest BCUT2D eigenvalue weighted by molar-refractivity contribution is 8.00. The monoisotopic (exact) mass is 554 g/mol. The fourth-order valence-electron chi connectivity index (χ4n) is 4.72. The average molecular weight is 555 g/mol. The Kier molecular flexibility index (Phi) is 7.35. The second kappa shape index (κ2) is 11.2. The van der Waals surface area contributed by atoms with E-state index in [4.69, 9.17) is 10.7 Å². The third-order valence-electron chi connectivity index (χ3n) is 6.56. The van der Waals surface area contributed by atoms with E-state index >= 15 is 0 Å². The molecule has 5 aromatic rings. The van der Waals surface area contributed by atoms with E-state index < -0.39 is 0 Å². The number of benzene rings is 3. The molecule has 1 aliphatic heterocycles. The lowest BCUT2D eigenvalue weighted by molar-refractivity contribution is -0.118. The number of hydrogen-bond donors (Lipinski definition) is 2. The molecule has 6 rings (SSSR count). The van der Waals surface area contributed by atoms with E-state index in [9.17, 15) is 4.79 Å². The van der Waals surface area contributed by atoms with Crippen LogP contribution in [0.25, 0.3) is 10.2 Å². The third-order valence-corrected chi connectivity index (χ3v) is 10.3. The second-order valence-electron chi connectivity index (χ2n) is 9.10. The van der Waals surface area contributed by atoms with Gasteiger partial charge in [-0.3, -0.25) is 4.79 Å². The SMILES string of the molecule is Nc1nc(SCC(=O)NCc2ccccc2)nc2sc3c(c12)C[C@H](c1ccccc1)S[C@@H]3c1ccccc1. The largest absolute Gasteiger partial charge is 0.383 e. The molecule has 1 aliphatic rings. The zero-order valence-electron chi connectivity index (χ0n) is 20.5. The highest BCUT2D eigenvalue weighted by atomic mass is 32.2. The Morgan fingerprint density at radius 3 is 2.29 bits per heavy atom. The summed E-state index contributed by atoms with van der Waals surface area (Å²) in [4.78, 5) is 24.1. The maximum absolute atomic E-state index is 12.4. The van der Waals surface area contributed by atoms with Gasteiger partial charge in [-0.1, -0.05) is 103 Å². The number of rotatable bonds is 7. The molecule has 8 heteroatoms. The number of amides is 1. The van der Waals surface area contributed by atoms with Crippen LogP contribution in [0.5, 0.6) is 0 Å². The number of nitrogens with one attached hydrogen (secondary N) is 1. The van der Waals surface area contributed by atoms with Gasteiger partial charge in [-0.15, -0.1) is 23.1 Å². The highest BCUT2D eigenvalue weighted by Crippen LogP contribution is 2.55. The number of hydrogen-bond acceptors (Lipinski definition) is 7. The van der Waals surface area contributed by atoms with Crippen LogP contribution >= 0.6 is 34.9 Å². The first kappa shape index (κ1) is 25.0. The number of thiophene rings is 1. The molecule has 0 saturated heterocycles. The minimum atomic E-state index is -0.0576. The molecule has 2 atom stereocenters. The Morgan fingerprint density at radius 1 is 0.921 bits per heavy atom. The van der Waals surface area contributed by atoms with Crippen LogP contribution in [-0.4, -0.2) is 21.6 Å². The highest BCUT2D eigenvalue weighted by Gasteiger charge is 2.34. The van der Waals surface area contributed by atoms with Gasteiger partial charge in [0.2, 0.25) is 5.91 Å². The number of anilines is 1. The van der Waals surface area contributed by atoms with Crippen molar-refractivity contribution < 1.29 is 4.79 Å². The lowest BCUT2D eigenvalue weighted by Crippen LogP contribution is -2.24. The third kappa shape index (κ3) is 5.29. The van der Waals surface area contributed by atoms with Gasteiger partial charge in [0, 0.05) is 16.7 Å².